The lowest BCUT2D eigenvalue weighted by Gasteiger charge is -2.27. The Balaban J connectivity index is 2.78. The standard InChI is InChI=1S/C13H22N2O/c1-10-8-11(6-7-12(10)16-5)15-13(2,3)9-14-4/h6-8,14-15H,9H2,1-5H3. The van der Waals surface area contributed by atoms with Gasteiger partial charge in [0.25, 0.3) is 0 Å². The molecule has 0 unspecified atom stereocenters. The highest BCUT2D eigenvalue weighted by Gasteiger charge is 2.16. The normalized spacial score (nSPS) is 11.3. The van der Waals surface area contributed by atoms with E-state index in [9.17, 15) is 0 Å². The molecule has 3 heteroatoms. The van der Waals surface area contributed by atoms with Crippen LogP contribution in [-0.4, -0.2) is 26.2 Å². The molecule has 0 aliphatic heterocycles. The maximum atomic E-state index is 5.24. The molecule has 0 fully saturated rings. The third kappa shape index (κ3) is 3.42. The molecule has 90 valence electrons. The number of hydrogen-bond donors (Lipinski definition) is 2. The Kier molecular flexibility index (Phi) is 4.19. The summed E-state index contributed by atoms with van der Waals surface area (Å²) in [7, 11) is 3.66. The first-order chi connectivity index (χ1) is 7.48. The predicted octanol–water partition coefficient (Wildman–Crippen LogP) is 2.41. The van der Waals surface area contributed by atoms with E-state index < -0.39 is 0 Å². The highest BCUT2D eigenvalue weighted by atomic mass is 16.5. The Hall–Kier alpha value is -1.22. The third-order valence-electron chi connectivity index (χ3n) is 2.50. The molecule has 0 amide bonds. The summed E-state index contributed by atoms with van der Waals surface area (Å²) in [5.41, 5.74) is 2.31. The minimum absolute atomic E-state index is 0.0375. The number of benzene rings is 1. The summed E-state index contributed by atoms with van der Waals surface area (Å²) in [5, 5.41) is 6.67. The molecule has 0 aromatic heterocycles. The Bertz CT molecular complexity index is 348. The zero-order valence-corrected chi connectivity index (χ0v) is 10.8. The van der Waals surface area contributed by atoms with Gasteiger partial charge in [-0.1, -0.05) is 0 Å². The molecule has 0 radical (unpaired) electrons. The van der Waals surface area contributed by atoms with Crippen LogP contribution in [0.25, 0.3) is 0 Å². The summed E-state index contributed by atoms with van der Waals surface area (Å²) in [6.45, 7) is 7.30. The fourth-order valence-electron chi connectivity index (χ4n) is 1.83. The first-order valence-electron chi connectivity index (χ1n) is 5.56. The molecule has 0 aliphatic carbocycles. The minimum atomic E-state index is 0.0375. The van der Waals surface area contributed by atoms with E-state index in [0.717, 1.165) is 23.5 Å². The van der Waals surface area contributed by atoms with Gasteiger partial charge in [-0.3, -0.25) is 0 Å². The van der Waals surface area contributed by atoms with Crippen LogP contribution in [0.15, 0.2) is 18.2 Å². The van der Waals surface area contributed by atoms with Crippen molar-refractivity contribution in [3.8, 4) is 5.75 Å². The van der Waals surface area contributed by atoms with E-state index in [1.165, 1.54) is 0 Å². The van der Waals surface area contributed by atoms with Gasteiger partial charge in [0.1, 0.15) is 5.75 Å². The minimum Gasteiger partial charge on any atom is -0.496 e. The van der Waals surface area contributed by atoms with Gasteiger partial charge < -0.3 is 15.4 Å². The van der Waals surface area contributed by atoms with Crippen molar-refractivity contribution in [1.82, 2.24) is 5.32 Å². The first-order valence-corrected chi connectivity index (χ1v) is 5.56. The lowest BCUT2D eigenvalue weighted by atomic mass is 10.0. The molecule has 3 nitrogen and oxygen atoms in total. The van der Waals surface area contributed by atoms with Crippen molar-refractivity contribution in [3.63, 3.8) is 0 Å². The average molecular weight is 222 g/mol. The molecule has 1 rings (SSSR count). The van der Waals surface area contributed by atoms with Gasteiger partial charge in [0.05, 0.1) is 7.11 Å². The van der Waals surface area contributed by atoms with Gasteiger partial charge in [0.15, 0.2) is 0 Å². The maximum absolute atomic E-state index is 5.24. The number of likely N-dealkylation sites (N-methyl/N-ethyl adjacent to an activating group) is 1. The first kappa shape index (κ1) is 12.8. The van der Waals surface area contributed by atoms with Crippen molar-refractivity contribution in [2.45, 2.75) is 26.3 Å². The summed E-state index contributed by atoms with van der Waals surface area (Å²) in [4.78, 5) is 0. The maximum Gasteiger partial charge on any atom is 0.121 e. The number of ether oxygens (including phenoxy) is 1. The average Bonchev–Trinajstić information content (AvgIpc) is 2.17. The Morgan fingerprint density at radius 1 is 1.31 bits per heavy atom. The molecule has 16 heavy (non-hydrogen) atoms. The second-order valence-corrected chi connectivity index (χ2v) is 4.72. The number of anilines is 1. The molecular formula is C13H22N2O. The van der Waals surface area contributed by atoms with Crippen molar-refractivity contribution in [3.05, 3.63) is 23.8 Å². The fourth-order valence-corrected chi connectivity index (χ4v) is 1.83. The monoisotopic (exact) mass is 222 g/mol. The zero-order valence-electron chi connectivity index (χ0n) is 10.8. The van der Waals surface area contributed by atoms with Crippen LogP contribution >= 0.6 is 0 Å². The third-order valence-corrected chi connectivity index (χ3v) is 2.50. The lowest BCUT2D eigenvalue weighted by molar-refractivity contribution is 0.411. The highest BCUT2D eigenvalue weighted by molar-refractivity contribution is 5.52. The molecule has 0 spiro atoms. The molecule has 0 heterocycles. The second-order valence-electron chi connectivity index (χ2n) is 4.72. The van der Waals surface area contributed by atoms with Crippen LogP contribution in [0.2, 0.25) is 0 Å². The van der Waals surface area contributed by atoms with Gasteiger partial charge >= 0.3 is 0 Å². The van der Waals surface area contributed by atoms with E-state index in [4.69, 9.17) is 4.74 Å². The summed E-state index contributed by atoms with van der Waals surface area (Å²) in [5.74, 6) is 0.928. The van der Waals surface area contributed by atoms with Gasteiger partial charge in [-0.15, -0.1) is 0 Å². The molecule has 0 aliphatic rings. The fraction of sp³-hybridized carbons (Fsp3) is 0.538. The van der Waals surface area contributed by atoms with Gasteiger partial charge in [-0.2, -0.15) is 0 Å². The molecule has 1 aromatic carbocycles. The van der Waals surface area contributed by atoms with Crippen LogP contribution in [0.1, 0.15) is 19.4 Å². The molecule has 0 saturated carbocycles. The smallest absolute Gasteiger partial charge is 0.121 e. The summed E-state index contributed by atoms with van der Waals surface area (Å²) >= 11 is 0. The number of hydrogen-bond acceptors (Lipinski definition) is 3. The quantitative estimate of drug-likeness (QED) is 0.802. The van der Waals surface area contributed by atoms with E-state index in [-0.39, 0.29) is 5.54 Å². The van der Waals surface area contributed by atoms with Crippen molar-refractivity contribution in [1.29, 1.82) is 0 Å². The number of nitrogens with one attached hydrogen (secondary N) is 2. The largest absolute Gasteiger partial charge is 0.496 e. The number of aryl methyl sites for hydroxylation is 1. The van der Waals surface area contributed by atoms with E-state index in [1.807, 2.05) is 19.2 Å². The van der Waals surface area contributed by atoms with E-state index >= 15 is 0 Å². The van der Waals surface area contributed by atoms with Crippen LogP contribution < -0.4 is 15.4 Å². The summed E-state index contributed by atoms with van der Waals surface area (Å²) in [6, 6.07) is 6.15. The molecule has 0 saturated heterocycles. The van der Waals surface area contributed by atoms with Crippen LogP contribution in [0.5, 0.6) is 5.75 Å². The van der Waals surface area contributed by atoms with Crippen LogP contribution in [0.4, 0.5) is 5.69 Å². The molecule has 1 aromatic rings. The van der Waals surface area contributed by atoms with Crippen molar-refractivity contribution in [2.24, 2.45) is 0 Å². The van der Waals surface area contributed by atoms with Crippen LogP contribution in [-0.2, 0) is 0 Å². The van der Waals surface area contributed by atoms with Gasteiger partial charge in [0.2, 0.25) is 0 Å². The van der Waals surface area contributed by atoms with Gasteiger partial charge in [0, 0.05) is 17.8 Å². The molecule has 2 N–H and O–H groups in total. The van der Waals surface area contributed by atoms with Crippen molar-refractivity contribution >= 4 is 5.69 Å². The lowest BCUT2D eigenvalue weighted by Crippen LogP contribution is -2.40. The number of methoxy groups -OCH3 is 1. The van der Waals surface area contributed by atoms with Crippen LogP contribution in [0.3, 0.4) is 0 Å². The van der Waals surface area contributed by atoms with Gasteiger partial charge in [-0.25, -0.2) is 0 Å². The molecule has 0 atom stereocenters. The highest BCUT2D eigenvalue weighted by Crippen LogP contribution is 2.23. The Morgan fingerprint density at radius 2 is 2.00 bits per heavy atom. The topological polar surface area (TPSA) is 33.3 Å². The van der Waals surface area contributed by atoms with E-state index in [0.29, 0.717) is 0 Å². The van der Waals surface area contributed by atoms with Crippen LogP contribution in [0, 0.1) is 6.92 Å². The Morgan fingerprint density at radius 3 is 2.50 bits per heavy atom. The van der Waals surface area contributed by atoms with E-state index in [2.05, 4.69) is 37.5 Å². The SMILES string of the molecule is CNCC(C)(C)Nc1ccc(OC)c(C)c1. The summed E-state index contributed by atoms with van der Waals surface area (Å²) in [6.07, 6.45) is 0. The second kappa shape index (κ2) is 5.21. The van der Waals surface area contributed by atoms with Crippen molar-refractivity contribution in [2.75, 3.05) is 26.0 Å². The zero-order chi connectivity index (χ0) is 12.2. The molecular weight excluding hydrogens is 200 g/mol. The Labute approximate surface area is 98.2 Å². The van der Waals surface area contributed by atoms with Gasteiger partial charge in [-0.05, 0) is 51.6 Å². The summed E-state index contributed by atoms with van der Waals surface area (Å²) < 4.78 is 5.24. The molecule has 0 bridgehead atoms. The van der Waals surface area contributed by atoms with E-state index in [1.54, 1.807) is 7.11 Å². The van der Waals surface area contributed by atoms with Crippen molar-refractivity contribution < 1.29 is 4.74 Å². The number of rotatable bonds is 5. The predicted molar refractivity (Wildman–Crippen MR) is 69.4 cm³/mol.